The van der Waals surface area contributed by atoms with Gasteiger partial charge in [0.15, 0.2) is 0 Å². The van der Waals surface area contributed by atoms with Crippen LogP contribution in [0.4, 0.5) is 10.1 Å². The predicted molar refractivity (Wildman–Crippen MR) is 84.1 cm³/mol. The normalized spacial score (nSPS) is 9.90. The lowest BCUT2D eigenvalue weighted by Gasteiger charge is -2.16. The number of rotatable bonds is 2. The summed E-state index contributed by atoms with van der Waals surface area (Å²) in [5.41, 5.74) is 6.81. The molecule has 5 heteroatoms. The summed E-state index contributed by atoms with van der Waals surface area (Å²) < 4.78 is 13.2. The van der Waals surface area contributed by atoms with E-state index in [1.807, 2.05) is 6.92 Å². The van der Waals surface area contributed by atoms with E-state index in [-0.39, 0.29) is 18.3 Å². The van der Waals surface area contributed by atoms with Crippen LogP contribution in [0.1, 0.15) is 20.1 Å². The molecule has 0 bridgehead atoms. The summed E-state index contributed by atoms with van der Waals surface area (Å²) in [6.07, 6.45) is 0. The number of halogens is 1. The highest BCUT2D eigenvalue weighted by Crippen LogP contribution is 2.24. The molecule has 3 nitrogen and oxygen atoms in total. The molecule has 2 aromatic rings. The van der Waals surface area contributed by atoms with Crippen molar-refractivity contribution in [2.75, 3.05) is 18.5 Å². The van der Waals surface area contributed by atoms with Gasteiger partial charge in [-0.3, -0.25) is 4.79 Å². The molecule has 0 aliphatic heterocycles. The van der Waals surface area contributed by atoms with Crippen LogP contribution < -0.4 is 10.6 Å². The number of carbonyl (C=O) groups excluding carboxylic acids is 1. The predicted octanol–water partition coefficient (Wildman–Crippen LogP) is 2.78. The highest BCUT2D eigenvalue weighted by Gasteiger charge is 2.17. The molecule has 2 rings (SSSR count). The van der Waals surface area contributed by atoms with Crippen molar-refractivity contribution >= 4 is 22.9 Å². The van der Waals surface area contributed by atoms with E-state index in [2.05, 4.69) is 11.8 Å². The number of thiophene rings is 1. The van der Waals surface area contributed by atoms with Gasteiger partial charge in [0.05, 0.1) is 16.3 Å². The Labute approximate surface area is 127 Å². The molecule has 1 aromatic heterocycles. The lowest BCUT2D eigenvalue weighted by molar-refractivity contribution is 0.0997. The van der Waals surface area contributed by atoms with Crippen LogP contribution in [-0.4, -0.2) is 19.5 Å². The van der Waals surface area contributed by atoms with Crippen LogP contribution >= 0.6 is 11.3 Å². The van der Waals surface area contributed by atoms with Gasteiger partial charge in [0.1, 0.15) is 5.82 Å². The summed E-state index contributed by atoms with van der Waals surface area (Å²) in [4.78, 5) is 15.3. The van der Waals surface area contributed by atoms with Gasteiger partial charge in [-0.2, -0.15) is 0 Å². The molecule has 1 aromatic carbocycles. The lowest BCUT2D eigenvalue weighted by atomic mass is 10.2. The zero-order chi connectivity index (χ0) is 15.4. The van der Waals surface area contributed by atoms with Crippen molar-refractivity contribution in [2.45, 2.75) is 6.92 Å². The van der Waals surface area contributed by atoms with Crippen LogP contribution in [0, 0.1) is 24.6 Å². The van der Waals surface area contributed by atoms with E-state index in [1.54, 1.807) is 25.2 Å². The van der Waals surface area contributed by atoms with Gasteiger partial charge < -0.3 is 10.6 Å². The van der Waals surface area contributed by atoms with E-state index in [9.17, 15) is 9.18 Å². The van der Waals surface area contributed by atoms with Crippen LogP contribution in [-0.2, 0) is 0 Å². The molecule has 0 saturated carbocycles. The fraction of sp³-hybridized carbons (Fsp3) is 0.188. The minimum absolute atomic E-state index is 0.186. The van der Waals surface area contributed by atoms with Crippen molar-refractivity contribution in [2.24, 2.45) is 5.73 Å². The first kappa shape index (κ1) is 15.2. The maximum absolute atomic E-state index is 13.2. The van der Waals surface area contributed by atoms with Gasteiger partial charge >= 0.3 is 0 Å². The molecule has 108 valence electrons. The van der Waals surface area contributed by atoms with Crippen LogP contribution in [0.5, 0.6) is 0 Å². The third-order valence-electron chi connectivity index (χ3n) is 2.93. The Kier molecular flexibility index (Phi) is 4.73. The van der Waals surface area contributed by atoms with Crippen molar-refractivity contribution in [3.05, 3.63) is 51.5 Å². The third-order valence-corrected chi connectivity index (χ3v) is 4.07. The van der Waals surface area contributed by atoms with Crippen LogP contribution in [0.2, 0.25) is 0 Å². The fourth-order valence-electron chi connectivity index (χ4n) is 1.81. The summed E-state index contributed by atoms with van der Waals surface area (Å²) in [6, 6.07) is 7.73. The Hall–Kier alpha value is -2.16. The van der Waals surface area contributed by atoms with Crippen molar-refractivity contribution in [1.82, 2.24) is 0 Å². The highest BCUT2D eigenvalue weighted by atomic mass is 32.1. The van der Waals surface area contributed by atoms with Crippen molar-refractivity contribution < 1.29 is 9.18 Å². The number of amides is 1. The van der Waals surface area contributed by atoms with Gasteiger partial charge in [0.2, 0.25) is 0 Å². The van der Waals surface area contributed by atoms with Crippen LogP contribution in [0.25, 0.3) is 0 Å². The van der Waals surface area contributed by atoms with Gasteiger partial charge in [0, 0.05) is 12.7 Å². The molecular weight excluding hydrogens is 287 g/mol. The Morgan fingerprint density at radius 3 is 2.86 bits per heavy atom. The van der Waals surface area contributed by atoms with Crippen molar-refractivity contribution in [1.29, 1.82) is 0 Å². The summed E-state index contributed by atoms with van der Waals surface area (Å²) in [6.45, 7) is 2.18. The summed E-state index contributed by atoms with van der Waals surface area (Å²) in [7, 11) is 1.62. The molecule has 0 radical (unpaired) electrons. The number of aryl methyl sites for hydroxylation is 1. The average molecular weight is 302 g/mol. The smallest absolute Gasteiger partial charge is 0.268 e. The number of nitrogens with zero attached hydrogens (tertiary/aromatic N) is 1. The number of benzene rings is 1. The van der Waals surface area contributed by atoms with Gasteiger partial charge in [-0.05, 0) is 36.8 Å². The Balaban J connectivity index is 2.28. The quantitative estimate of drug-likeness (QED) is 0.867. The molecule has 0 atom stereocenters. The molecule has 1 amide bonds. The van der Waals surface area contributed by atoms with E-state index in [0.29, 0.717) is 10.6 Å². The van der Waals surface area contributed by atoms with E-state index < -0.39 is 0 Å². The Morgan fingerprint density at radius 1 is 1.43 bits per heavy atom. The second-order valence-corrected chi connectivity index (χ2v) is 5.52. The molecule has 0 fully saturated rings. The number of hydrogen-bond donors (Lipinski definition) is 1. The van der Waals surface area contributed by atoms with E-state index in [4.69, 9.17) is 5.73 Å². The standard InChI is InChI=1S/C16H15FN2OS/c1-11-9-15(21-14(11)7-4-8-18)16(20)19(2)13-6-3-5-12(17)10-13/h3,5-6,9-10H,8,18H2,1-2H3. The van der Waals surface area contributed by atoms with Gasteiger partial charge in [-0.1, -0.05) is 17.9 Å². The summed E-state index contributed by atoms with van der Waals surface area (Å²) >= 11 is 1.32. The van der Waals surface area contributed by atoms with Gasteiger partial charge in [-0.15, -0.1) is 11.3 Å². The van der Waals surface area contributed by atoms with Gasteiger partial charge in [-0.25, -0.2) is 4.39 Å². The molecule has 2 N–H and O–H groups in total. The SMILES string of the molecule is Cc1cc(C(=O)N(C)c2cccc(F)c2)sc1C#CCN. The molecule has 0 aliphatic rings. The van der Waals surface area contributed by atoms with E-state index in [1.165, 1.54) is 28.4 Å². The number of anilines is 1. The maximum atomic E-state index is 13.2. The summed E-state index contributed by atoms with van der Waals surface area (Å²) in [5, 5.41) is 0. The third kappa shape index (κ3) is 3.48. The minimum atomic E-state index is -0.371. The number of nitrogens with two attached hydrogens (primary N) is 1. The molecular formula is C16H15FN2OS. The monoisotopic (exact) mass is 302 g/mol. The number of carbonyl (C=O) groups is 1. The number of hydrogen-bond acceptors (Lipinski definition) is 3. The minimum Gasteiger partial charge on any atom is -0.320 e. The zero-order valence-corrected chi connectivity index (χ0v) is 12.6. The average Bonchev–Trinajstić information content (AvgIpc) is 2.84. The highest BCUT2D eigenvalue weighted by molar-refractivity contribution is 7.14. The first-order valence-electron chi connectivity index (χ1n) is 6.36. The fourth-order valence-corrected chi connectivity index (χ4v) is 2.83. The molecule has 0 spiro atoms. The van der Waals surface area contributed by atoms with Gasteiger partial charge in [0.25, 0.3) is 5.91 Å². The Bertz CT molecular complexity index is 727. The first-order valence-corrected chi connectivity index (χ1v) is 7.17. The summed E-state index contributed by atoms with van der Waals surface area (Å²) in [5.74, 6) is 5.17. The molecule has 0 saturated heterocycles. The molecule has 0 aliphatic carbocycles. The Morgan fingerprint density at radius 2 is 2.19 bits per heavy atom. The topological polar surface area (TPSA) is 46.3 Å². The van der Waals surface area contributed by atoms with Crippen LogP contribution in [0.3, 0.4) is 0 Å². The zero-order valence-electron chi connectivity index (χ0n) is 11.8. The second kappa shape index (κ2) is 6.53. The maximum Gasteiger partial charge on any atom is 0.268 e. The largest absolute Gasteiger partial charge is 0.320 e. The second-order valence-electron chi connectivity index (χ2n) is 4.47. The lowest BCUT2D eigenvalue weighted by Crippen LogP contribution is -2.25. The van der Waals surface area contributed by atoms with Crippen LogP contribution in [0.15, 0.2) is 30.3 Å². The molecule has 21 heavy (non-hydrogen) atoms. The van der Waals surface area contributed by atoms with Crippen molar-refractivity contribution in [3.8, 4) is 11.8 Å². The van der Waals surface area contributed by atoms with Crippen molar-refractivity contribution in [3.63, 3.8) is 0 Å². The molecule has 1 heterocycles. The first-order chi connectivity index (χ1) is 10.0. The van der Waals surface area contributed by atoms with E-state index >= 15 is 0 Å². The molecule has 0 unspecified atom stereocenters. The van der Waals surface area contributed by atoms with E-state index in [0.717, 1.165) is 10.4 Å².